The number of carbonyl (C=O) groups excluding carboxylic acids is 2. The Hall–Kier alpha value is -4.72. The van der Waals surface area contributed by atoms with E-state index in [4.69, 9.17) is 11.6 Å². The van der Waals surface area contributed by atoms with Gasteiger partial charge in [-0.1, -0.05) is 16.8 Å². The number of halogens is 3. The fraction of sp³-hybridized carbons (Fsp3) is 0.208. The molecule has 15 heteroatoms. The lowest BCUT2D eigenvalue weighted by molar-refractivity contribution is -0.135. The molecule has 2 aliphatic rings. The lowest BCUT2D eigenvalue weighted by Gasteiger charge is -2.33. The monoisotopic (exact) mass is 554 g/mol. The van der Waals surface area contributed by atoms with Crippen LogP contribution in [0.15, 0.2) is 52.1 Å². The summed E-state index contributed by atoms with van der Waals surface area (Å²) in [4.78, 5) is 41.2. The molecular formula is C24H17ClF2N8O4. The van der Waals surface area contributed by atoms with E-state index in [-0.39, 0.29) is 40.1 Å². The number of aromatic amines is 1. The van der Waals surface area contributed by atoms with Crippen molar-refractivity contribution < 1.29 is 22.9 Å². The molecule has 2 aromatic heterocycles. The third-order valence-electron chi connectivity index (χ3n) is 6.73. The number of amides is 2. The largest absolute Gasteiger partial charge is 0.439 e. The van der Waals surface area contributed by atoms with E-state index in [1.165, 1.54) is 40.2 Å². The van der Waals surface area contributed by atoms with Crippen molar-refractivity contribution >= 4 is 34.7 Å². The summed E-state index contributed by atoms with van der Waals surface area (Å²) in [5.74, 6) is -3.32. The van der Waals surface area contributed by atoms with Crippen molar-refractivity contribution in [3.05, 3.63) is 75.5 Å². The van der Waals surface area contributed by atoms with Crippen LogP contribution in [-0.2, 0) is 9.59 Å². The van der Waals surface area contributed by atoms with E-state index in [9.17, 15) is 18.8 Å². The van der Waals surface area contributed by atoms with Crippen molar-refractivity contribution in [2.45, 2.75) is 31.3 Å². The summed E-state index contributed by atoms with van der Waals surface area (Å²) >= 11 is 6.05. The maximum atomic E-state index is 15.2. The predicted molar refractivity (Wildman–Crippen MR) is 132 cm³/mol. The van der Waals surface area contributed by atoms with Gasteiger partial charge in [0.05, 0.1) is 16.3 Å². The van der Waals surface area contributed by atoms with Crippen LogP contribution in [0.1, 0.15) is 24.8 Å². The van der Waals surface area contributed by atoms with Crippen LogP contribution in [0.4, 0.5) is 14.5 Å². The molecule has 1 fully saturated rings. The summed E-state index contributed by atoms with van der Waals surface area (Å²) in [6, 6.07) is 5.61. The zero-order chi connectivity index (χ0) is 27.3. The Labute approximate surface area is 222 Å². The van der Waals surface area contributed by atoms with Gasteiger partial charge in [-0.3, -0.25) is 19.1 Å². The molecule has 0 saturated carbocycles. The molecule has 0 radical (unpaired) electrons. The summed E-state index contributed by atoms with van der Waals surface area (Å²) in [6.07, 6.45) is 3.73. The average molecular weight is 555 g/mol. The quantitative estimate of drug-likeness (QED) is 0.382. The molecule has 6 rings (SSSR count). The van der Waals surface area contributed by atoms with Gasteiger partial charge in [0.1, 0.15) is 18.2 Å². The second-order valence-corrected chi connectivity index (χ2v) is 9.41. The van der Waals surface area contributed by atoms with Crippen molar-refractivity contribution in [2.75, 3.05) is 5.32 Å². The first kappa shape index (κ1) is 24.6. The molecule has 2 atom stereocenters. The van der Waals surface area contributed by atoms with Crippen molar-refractivity contribution in [1.29, 1.82) is 0 Å². The first-order valence-corrected chi connectivity index (χ1v) is 12.1. The van der Waals surface area contributed by atoms with Crippen LogP contribution in [0.3, 0.4) is 0 Å². The molecule has 2 aliphatic heterocycles. The van der Waals surface area contributed by atoms with Crippen LogP contribution in [0.25, 0.3) is 22.6 Å². The van der Waals surface area contributed by atoms with E-state index in [1.54, 1.807) is 6.07 Å². The molecule has 0 bridgehead atoms. The number of fused-ring (bicyclic) bond motifs is 1. The van der Waals surface area contributed by atoms with E-state index in [0.29, 0.717) is 24.1 Å². The molecule has 0 aliphatic carbocycles. The Morgan fingerprint density at radius 3 is 2.74 bits per heavy atom. The van der Waals surface area contributed by atoms with E-state index in [1.807, 2.05) is 0 Å². The van der Waals surface area contributed by atoms with Crippen LogP contribution in [0.2, 0.25) is 5.02 Å². The molecule has 0 spiro atoms. The van der Waals surface area contributed by atoms with Crippen LogP contribution in [0.5, 0.6) is 0 Å². The summed E-state index contributed by atoms with van der Waals surface area (Å²) in [5.41, 5.74) is 0.985. The summed E-state index contributed by atoms with van der Waals surface area (Å²) in [7, 11) is 0. The Bertz CT molecular complexity index is 1700. The van der Waals surface area contributed by atoms with Gasteiger partial charge < -0.3 is 10.2 Å². The standard InChI is InChI=1S/C24H17ClF2N8O4/c25-15-4-6-17(34-10-28-32-33-34)20(21(15)27)11-7-13-2-5-18(35(13)19(36)8-11)23(37)29-12-1-3-14(16(26)9-12)22-30-24(38)39-31-22/h1,3-4,6,8-10,13,18H,2,5,7H2,(H,29,37)(H,30,31,38)/t13-,18-/m0/s1. The highest BCUT2D eigenvalue weighted by atomic mass is 35.5. The Morgan fingerprint density at radius 2 is 2.03 bits per heavy atom. The summed E-state index contributed by atoms with van der Waals surface area (Å²) in [6.45, 7) is 0. The van der Waals surface area contributed by atoms with Gasteiger partial charge in [-0.15, -0.1) is 5.10 Å². The van der Waals surface area contributed by atoms with Gasteiger partial charge in [-0.25, -0.2) is 13.6 Å². The van der Waals surface area contributed by atoms with Gasteiger partial charge in [-0.05, 0) is 65.6 Å². The maximum absolute atomic E-state index is 15.2. The number of H-pyrrole nitrogens is 1. The van der Waals surface area contributed by atoms with Crippen LogP contribution in [0, 0.1) is 11.6 Å². The Morgan fingerprint density at radius 1 is 1.18 bits per heavy atom. The topological polar surface area (TPSA) is 152 Å². The Balaban J connectivity index is 1.24. The zero-order valence-electron chi connectivity index (χ0n) is 19.8. The molecule has 1 saturated heterocycles. The number of anilines is 1. The predicted octanol–water partition coefficient (Wildman–Crippen LogP) is 2.72. The number of hydrogen-bond donors (Lipinski definition) is 2. The minimum atomic E-state index is -0.828. The lowest BCUT2D eigenvalue weighted by atomic mass is 9.92. The van der Waals surface area contributed by atoms with E-state index >= 15 is 4.39 Å². The number of benzene rings is 2. The third-order valence-corrected chi connectivity index (χ3v) is 7.03. The molecule has 0 unspecified atom stereocenters. The number of nitrogens with one attached hydrogen (secondary N) is 2. The minimum Gasteiger partial charge on any atom is -0.324 e. The molecule has 39 heavy (non-hydrogen) atoms. The van der Waals surface area contributed by atoms with Gasteiger partial charge in [0, 0.05) is 23.4 Å². The molecule has 2 aromatic carbocycles. The second-order valence-electron chi connectivity index (χ2n) is 9.00. The van der Waals surface area contributed by atoms with Crippen molar-refractivity contribution in [3.8, 4) is 17.1 Å². The number of hydrogen-bond acceptors (Lipinski definition) is 8. The van der Waals surface area contributed by atoms with E-state index < -0.39 is 35.2 Å². The van der Waals surface area contributed by atoms with Crippen molar-refractivity contribution in [3.63, 3.8) is 0 Å². The molecular weight excluding hydrogens is 538 g/mol. The number of aromatic nitrogens is 6. The highest BCUT2D eigenvalue weighted by Gasteiger charge is 2.43. The van der Waals surface area contributed by atoms with E-state index in [0.717, 1.165) is 6.07 Å². The molecule has 198 valence electrons. The lowest BCUT2D eigenvalue weighted by Crippen LogP contribution is -2.48. The van der Waals surface area contributed by atoms with E-state index in [2.05, 4.69) is 35.5 Å². The maximum Gasteiger partial charge on any atom is 0.439 e. The molecule has 4 aromatic rings. The van der Waals surface area contributed by atoms with Gasteiger partial charge in [0.15, 0.2) is 11.6 Å². The first-order chi connectivity index (χ1) is 18.8. The number of nitrogens with zero attached hydrogens (tertiary/aromatic N) is 6. The summed E-state index contributed by atoms with van der Waals surface area (Å²) in [5, 5.41) is 17.0. The normalized spacial score (nSPS) is 18.7. The third kappa shape index (κ3) is 4.37. The van der Waals surface area contributed by atoms with Crippen LogP contribution >= 0.6 is 11.6 Å². The second kappa shape index (κ2) is 9.54. The first-order valence-electron chi connectivity index (χ1n) is 11.7. The van der Waals surface area contributed by atoms with Crippen LogP contribution < -0.4 is 11.1 Å². The highest BCUT2D eigenvalue weighted by Crippen LogP contribution is 2.40. The minimum absolute atomic E-state index is 0.0158. The SMILES string of the molecule is O=C(Nc1ccc(-c2noc(=O)[nH]2)c(F)c1)[C@@H]1CC[C@H]2CC(c3c(-n4cnnn4)ccc(Cl)c3F)=CC(=O)N21. The summed E-state index contributed by atoms with van der Waals surface area (Å²) < 4.78 is 35.5. The average Bonchev–Trinajstić information content (AvgIpc) is 3.67. The zero-order valence-corrected chi connectivity index (χ0v) is 20.5. The highest BCUT2D eigenvalue weighted by molar-refractivity contribution is 6.31. The number of rotatable bonds is 5. The fourth-order valence-corrected chi connectivity index (χ4v) is 5.21. The fourth-order valence-electron chi connectivity index (χ4n) is 5.05. The molecule has 2 N–H and O–H groups in total. The molecule has 12 nitrogen and oxygen atoms in total. The number of tetrazole rings is 1. The van der Waals surface area contributed by atoms with Crippen molar-refractivity contribution in [1.82, 2.24) is 35.2 Å². The number of carbonyl (C=O) groups is 2. The van der Waals surface area contributed by atoms with Crippen molar-refractivity contribution in [2.24, 2.45) is 0 Å². The van der Waals surface area contributed by atoms with Gasteiger partial charge in [0.2, 0.25) is 11.8 Å². The van der Waals surface area contributed by atoms with Gasteiger partial charge in [-0.2, -0.15) is 4.68 Å². The van der Waals surface area contributed by atoms with Gasteiger partial charge >= 0.3 is 5.76 Å². The molecule has 4 heterocycles. The molecule has 2 amide bonds. The van der Waals surface area contributed by atoms with Gasteiger partial charge in [0.25, 0.3) is 0 Å². The Kier molecular flexibility index (Phi) is 6.02. The van der Waals surface area contributed by atoms with Crippen LogP contribution in [-0.4, -0.2) is 59.1 Å². The smallest absolute Gasteiger partial charge is 0.324 e.